The van der Waals surface area contributed by atoms with Crippen LogP contribution in [0.4, 0.5) is 0 Å². The molecule has 0 spiro atoms. The van der Waals surface area contributed by atoms with Gasteiger partial charge in [-0.05, 0) is 83.3 Å². The highest BCUT2D eigenvalue weighted by atomic mass is 16.5. The smallest absolute Gasteiger partial charge is 0.299 e. The van der Waals surface area contributed by atoms with Crippen LogP contribution in [0.25, 0.3) is 55.4 Å². The molecule has 0 aliphatic carbocycles. The molecule has 0 unspecified atom stereocenters. The third-order valence-corrected chi connectivity index (χ3v) is 9.32. The number of hydrogen-bond acceptors (Lipinski definition) is 2. The highest BCUT2D eigenvalue weighted by molar-refractivity contribution is 6.18. The van der Waals surface area contributed by atoms with E-state index in [0.717, 1.165) is 27.3 Å². The van der Waals surface area contributed by atoms with Gasteiger partial charge >= 0.3 is 0 Å². The second-order valence-corrected chi connectivity index (χ2v) is 12.7. The van der Waals surface area contributed by atoms with Gasteiger partial charge in [-0.2, -0.15) is 0 Å². The van der Waals surface area contributed by atoms with E-state index in [2.05, 4.69) is 98.8 Å². The number of aryl methyl sites for hydroxylation is 2. The standard InChI is InChI=1S/C42H48O2/c1-3-5-7-9-11-13-15-31-17-21-33(22-18-31)35-25-27-37-39(29-35)43-42-41(37)38-28-26-36(30-40(38)44-42)34-23-19-32(20-24-34)16-14-12-10-8-6-4-2/h17-30H,3-16H2,1-2H3. The van der Waals surface area contributed by atoms with Gasteiger partial charge in [-0.15, -0.1) is 0 Å². The minimum atomic E-state index is 0.605. The van der Waals surface area contributed by atoms with Gasteiger partial charge in [0.25, 0.3) is 5.78 Å². The Labute approximate surface area is 263 Å². The van der Waals surface area contributed by atoms with E-state index in [9.17, 15) is 0 Å². The van der Waals surface area contributed by atoms with Crippen molar-refractivity contribution in [1.82, 2.24) is 0 Å². The summed E-state index contributed by atoms with van der Waals surface area (Å²) in [7, 11) is 0. The lowest BCUT2D eigenvalue weighted by atomic mass is 9.99. The summed E-state index contributed by atoms with van der Waals surface area (Å²) in [5.74, 6) is 0.605. The Kier molecular flexibility index (Phi) is 10.2. The van der Waals surface area contributed by atoms with E-state index in [4.69, 9.17) is 8.83 Å². The Morgan fingerprint density at radius 3 is 1.23 bits per heavy atom. The van der Waals surface area contributed by atoms with Crippen molar-refractivity contribution in [3.05, 3.63) is 96.1 Å². The molecular weight excluding hydrogens is 536 g/mol. The molecule has 44 heavy (non-hydrogen) atoms. The quantitative estimate of drug-likeness (QED) is 0.106. The number of rotatable bonds is 16. The van der Waals surface area contributed by atoms with E-state index >= 15 is 0 Å². The van der Waals surface area contributed by atoms with Crippen LogP contribution < -0.4 is 0 Å². The van der Waals surface area contributed by atoms with E-state index in [1.165, 1.54) is 123 Å². The Morgan fingerprint density at radius 1 is 0.409 bits per heavy atom. The molecule has 0 saturated heterocycles. The van der Waals surface area contributed by atoms with Gasteiger partial charge in [0.05, 0.1) is 5.39 Å². The predicted octanol–water partition coefficient (Wildman–Crippen LogP) is 13.5. The van der Waals surface area contributed by atoms with E-state index < -0.39 is 0 Å². The van der Waals surface area contributed by atoms with Crippen molar-refractivity contribution >= 4 is 33.1 Å². The number of fused-ring (bicyclic) bond motifs is 5. The van der Waals surface area contributed by atoms with Crippen LogP contribution in [0.1, 0.15) is 102 Å². The van der Waals surface area contributed by atoms with Crippen LogP contribution in [0.5, 0.6) is 0 Å². The molecule has 0 saturated carbocycles. The Hall–Kier alpha value is -3.78. The first-order valence-electron chi connectivity index (χ1n) is 17.3. The fourth-order valence-corrected chi connectivity index (χ4v) is 6.62. The van der Waals surface area contributed by atoms with Gasteiger partial charge in [0.15, 0.2) is 0 Å². The SMILES string of the molecule is CCCCCCCCc1ccc(-c2ccc3c(c2)oc2oc4cc(-c5ccc(CCCCCCCC)cc5)ccc4c23)cc1. The van der Waals surface area contributed by atoms with Crippen molar-refractivity contribution in [2.75, 3.05) is 0 Å². The van der Waals surface area contributed by atoms with Crippen molar-refractivity contribution in [3.8, 4) is 22.3 Å². The Bertz CT molecular complexity index is 1640. The summed E-state index contributed by atoms with van der Waals surface area (Å²) < 4.78 is 12.6. The summed E-state index contributed by atoms with van der Waals surface area (Å²) in [6.45, 7) is 4.55. The van der Waals surface area contributed by atoms with Crippen LogP contribution in [0.2, 0.25) is 0 Å². The van der Waals surface area contributed by atoms with Gasteiger partial charge in [0.1, 0.15) is 11.2 Å². The summed E-state index contributed by atoms with van der Waals surface area (Å²) in [5, 5.41) is 3.28. The lowest BCUT2D eigenvalue weighted by molar-refractivity contribution is 0.524. The van der Waals surface area contributed by atoms with E-state index in [0.29, 0.717) is 5.78 Å². The highest BCUT2D eigenvalue weighted by Crippen LogP contribution is 2.40. The number of unbranched alkanes of at least 4 members (excludes halogenated alkanes) is 10. The van der Waals surface area contributed by atoms with E-state index in [1.54, 1.807) is 0 Å². The summed E-state index contributed by atoms with van der Waals surface area (Å²) in [6.07, 6.45) is 18.4. The van der Waals surface area contributed by atoms with Gasteiger partial charge in [-0.1, -0.05) is 139 Å². The van der Waals surface area contributed by atoms with Crippen LogP contribution >= 0.6 is 0 Å². The first-order valence-corrected chi connectivity index (χ1v) is 17.3. The highest BCUT2D eigenvalue weighted by Gasteiger charge is 2.17. The average Bonchev–Trinajstić information content (AvgIpc) is 3.60. The van der Waals surface area contributed by atoms with Crippen molar-refractivity contribution < 1.29 is 8.83 Å². The molecule has 0 atom stereocenters. The van der Waals surface area contributed by atoms with Crippen molar-refractivity contribution in [2.45, 2.75) is 104 Å². The maximum Gasteiger partial charge on any atom is 0.299 e. The lowest BCUT2D eigenvalue weighted by Gasteiger charge is -2.06. The van der Waals surface area contributed by atoms with Crippen molar-refractivity contribution in [3.63, 3.8) is 0 Å². The molecule has 2 aromatic heterocycles. The molecule has 6 aromatic rings. The summed E-state index contributed by atoms with van der Waals surface area (Å²) in [4.78, 5) is 0. The zero-order valence-corrected chi connectivity index (χ0v) is 26.8. The lowest BCUT2D eigenvalue weighted by Crippen LogP contribution is -1.87. The predicted molar refractivity (Wildman–Crippen MR) is 189 cm³/mol. The first-order chi connectivity index (χ1) is 21.7. The van der Waals surface area contributed by atoms with Crippen LogP contribution in [-0.4, -0.2) is 0 Å². The number of furan rings is 2. The molecule has 4 aromatic carbocycles. The molecule has 0 amide bonds. The minimum absolute atomic E-state index is 0.605. The maximum atomic E-state index is 6.28. The van der Waals surface area contributed by atoms with Crippen molar-refractivity contribution in [2.24, 2.45) is 0 Å². The monoisotopic (exact) mass is 584 g/mol. The van der Waals surface area contributed by atoms with Crippen LogP contribution in [0, 0.1) is 0 Å². The molecule has 0 N–H and O–H groups in total. The summed E-state index contributed by atoms with van der Waals surface area (Å²) >= 11 is 0. The third kappa shape index (κ3) is 7.12. The second-order valence-electron chi connectivity index (χ2n) is 12.7. The molecule has 228 valence electrons. The summed E-state index contributed by atoms with van der Waals surface area (Å²) in [6, 6.07) is 31.2. The fraction of sp³-hybridized carbons (Fsp3) is 0.381. The van der Waals surface area contributed by atoms with Crippen molar-refractivity contribution in [1.29, 1.82) is 0 Å². The molecule has 0 fully saturated rings. The topological polar surface area (TPSA) is 26.3 Å². The largest absolute Gasteiger partial charge is 0.425 e. The average molecular weight is 585 g/mol. The second kappa shape index (κ2) is 14.8. The molecule has 0 aliphatic heterocycles. The number of hydrogen-bond donors (Lipinski definition) is 0. The zero-order chi connectivity index (χ0) is 30.1. The van der Waals surface area contributed by atoms with Crippen LogP contribution in [-0.2, 0) is 12.8 Å². The minimum Gasteiger partial charge on any atom is -0.425 e. The maximum absolute atomic E-state index is 6.28. The molecule has 0 radical (unpaired) electrons. The molecule has 2 heterocycles. The van der Waals surface area contributed by atoms with Gasteiger partial charge in [-0.3, -0.25) is 0 Å². The molecule has 0 aliphatic rings. The zero-order valence-electron chi connectivity index (χ0n) is 26.8. The Morgan fingerprint density at radius 2 is 0.795 bits per heavy atom. The van der Waals surface area contributed by atoms with Crippen LogP contribution in [0.3, 0.4) is 0 Å². The molecule has 2 heteroatoms. The molecule has 6 rings (SSSR count). The third-order valence-electron chi connectivity index (χ3n) is 9.32. The van der Waals surface area contributed by atoms with Gasteiger partial charge in [-0.25, -0.2) is 0 Å². The Balaban J connectivity index is 1.12. The van der Waals surface area contributed by atoms with E-state index in [1.807, 2.05) is 0 Å². The molecular formula is C42H48O2. The summed E-state index contributed by atoms with van der Waals surface area (Å²) in [5.41, 5.74) is 9.39. The molecule has 0 bridgehead atoms. The van der Waals surface area contributed by atoms with Gasteiger partial charge < -0.3 is 8.83 Å². The normalized spacial score (nSPS) is 11.8. The first kappa shape index (κ1) is 30.3. The van der Waals surface area contributed by atoms with Gasteiger partial charge in [0.2, 0.25) is 0 Å². The fourth-order valence-electron chi connectivity index (χ4n) is 6.62. The number of benzene rings is 4. The van der Waals surface area contributed by atoms with Crippen LogP contribution in [0.15, 0.2) is 93.8 Å². The van der Waals surface area contributed by atoms with Gasteiger partial charge in [0, 0.05) is 10.8 Å². The molecule has 2 nitrogen and oxygen atoms in total. The van der Waals surface area contributed by atoms with E-state index in [-0.39, 0.29) is 0 Å².